The molecular formula is C8H15O4P. The third kappa shape index (κ3) is 3.77. The average Bonchev–Trinajstić information content (AvgIpc) is 2.13. The summed E-state index contributed by atoms with van der Waals surface area (Å²) in [6.45, 7) is 7.14. The molecule has 0 saturated heterocycles. The lowest BCUT2D eigenvalue weighted by Gasteiger charge is -2.16. The summed E-state index contributed by atoms with van der Waals surface area (Å²) >= 11 is 0. The quantitative estimate of drug-likeness (QED) is 0.394. The summed E-state index contributed by atoms with van der Waals surface area (Å²) in [6.07, 6.45) is 1.65. The van der Waals surface area contributed by atoms with Gasteiger partial charge in [0.05, 0.1) is 0 Å². The number of hydrogen-bond acceptors (Lipinski definition) is 4. The first kappa shape index (κ1) is 12.4. The van der Waals surface area contributed by atoms with Crippen LogP contribution in [0, 0.1) is 0 Å². The van der Waals surface area contributed by atoms with E-state index in [-0.39, 0.29) is 0 Å². The Kier molecular flexibility index (Phi) is 4.99. The van der Waals surface area contributed by atoms with E-state index in [2.05, 4.69) is 15.6 Å². The fourth-order valence-electron chi connectivity index (χ4n) is 0.647. The molecule has 0 aromatic carbocycles. The zero-order valence-corrected chi connectivity index (χ0v) is 9.26. The number of hydrogen-bond donors (Lipinski definition) is 0. The molecule has 0 N–H and O–H groups in total. The van der Waals surface area contributed by atoms with Crippen LogP contribution in [0.5, 0.6) is 0 Å². The molecule has 0 aliphatic carbocycles. The average molecular weight is 206 g/mol. The summed E-state index contributed by atoms with van der Waals surface area (Å²) < 4.78 is 25.7. The normalized spacial score (nSPS) is 12.8. The van der Waals surface area contributed by atoms with Crippen LogP contribution in [0.1, 0.15) is 13.8 Å². The van der Waals surface area contributed by atoms with Gasteiger partial charge in [0, 0.05) is 14.2 Å². The maximum absolute atomic E-state index is 11.5. The lowest BCUT2D eigenvalue weighted by atomic mass is 10.3. The first-order valence-electron chi connectivity index (χ1n) is 3.72. The summed E-state index contributed by atoms with van der Waals surface area (Å²) in [6, 6.07) is 0. The highest BCUT2D eigenvalue weighted by Crippen LogP contribution is 2.50. The summed E-state index contributed by atoms with van der Waals surface area (Å²) in [5.41, 5.74) is 0.664. The molecule has 0 aliphatic rings. The van der Waals surface area contributed by atoms with E-state index in [1.54, 1.807) is 19.9 Å². The van der Waals surface area contributed by atoms with Gasteiger partial charge in [0.25, 0.3) is 0 Å². The molecule has 0 bridgehead atoms. The van der Waals surface area contributed by atoms with Crippen molar-refractivity contribution in [3.8, 4) is 0 Å². The van der Waals surface area contributed by atoms with Crippen LogP contribution >= 0.6 is 7.82 Å². The molecule has 76 valence electrons. The third-order valence-electron chi connectivity index (χ3n) is 1.34. The molecule has 0 aromatic heterocycles. The van der Waals surface area contributed by atoms with Crippen molar-refractivity contribution in [2.75, 3.05) is 14.2 Å². The lowest BCUT2D eigenvalue weighted by molar-refractivity contribution is 0.185. The zero-order chi connectivity index (χ0) is 10.5. The van der Waals surface area contributed by atoms with Crippen LogP contribution in [-0.2, 0) is 18.1 Å². The van der Waals surface area contributed by atoms with E-state index >= 15 is 0 Å². The van der Waals surface area contributed by atoms with Gasteiger partial charge in [-0.1, -0.05) is 6.58 Å². The molecule has 5 heteroatoms. The first-order chi connectivity index (χ1) is 5.99. The van der Waals surface area contributed by atoms with Crippen LogP contribution in [0.25, 0.3) is 0 Å². The van der Waals surface area contributed by atoms with Crippen molar-refractivity contribution in [1.82, 2.24) is 0 Å². The van der Waals surface area contributed by atoms with E-state index in [0.717, 1.165) is 0 Å². The standard InChI is InChI=1S/C8H15O4P/c1-6-8(7(2)3)12-13(9,10-4)11-5/h6H,2H2,1,3-5H3. The van der Waals surface area contributed by atoms with Gasteiger partial charge in [0.15, 0.2) is 0 Å². The Labute approximate surface area is 78.8 Å². The maximum atomic E-state index is 11.5. The molecule has 0 rings (SSSR count). The molecule has 0 saturated carbocycles. The number of rotatable bonds is 5. The van der Waals surface area contributed by atoms with E-state index in [1.165, 1.54) is 14.2 Å². The van der Waals surface area contributed by atoms with Crippen molar-refractivity contribution in [1.29, 1.82) is 0 Å². The lowest BCUT2D eigenvalue weighted by Crippen LogP contribution is -1.96. The minimum absolute atomic E-state index is 0.409. The zero-order valence-electron chi connectivity index (χ0n) is 8.36. The molecule has 0 spiro atoms. The Morgan fingerprint density at radius 3 is 2.08 bits per heavy atom. The minimum atomic E-state index is -3.44. The highest BCUT2D eigenvalue weighted by molar-refractivity contribution is 7.48. The van der Waals surface area contributed by atoms with Gasteiger partial charge >= 0.3 is 7.82 Å². The Hall–Kier alpha value is -0.570. The van der Waals surface area contributed by atoms with Gasteiger partial charge in [-0.25, -0.2) is 4.57 Å². The van der Waals surface area contributed by atoms with Crippen molar-refractivity contribution < 1.29 is 18.1 Å². The fraction of sp³-hybridized carbons (Fsp3) is 0.500. The van der Waals surface area contributed by atoms with Crippen LogP contribution in [0.3, 0.4) is 0 Å². The van der Waals surface area contributed by atoms with Crippen LogP contribution in [0.4, 0.5) is 0 Å². The smallest absolute Gasteiger partial charge is 0.404 e. The van der Waals surface area contributed by atoms with Crippen LogP contribution < -0.4 is 0 Å². The number of phosphoric ester groups is 1. The van der Waals surface area contributed by atoms with Crippen LogP contribution in [-0.4, -0.2) is 14.2 Å². The van der Waals surface area contributed by atoms with Gasteiger partial charge in [0.2, 0.25) is 0 Å². The first-order valence-corrected chi connectivity index (χ1v) is 5.18. The largest absolute Gasteiger partial charge is 0.529 e. The highest BCUT2D eigenvalue weighted by atomic mass is 31.2. The second-order valence-corrected chi connectivity index (χ2v) is 4.14. The van der Waals surface area contributed by atoms with Crippen molar-refractivity contribution in [2.24, 2.45) is 0 Å². The molecule has 0 aromatic rings. The van der Waals surface area contributed by atoms with Gasteiger partial charge in [-0.3, -0.25) is 9.05 Å². The molecule has 0 fully saturated rings. The van der Waals surface area contributed by atoms with Crippen molar-refractivity contribution in [3.63, 3.8) is 0 Å². The Morgan fingerprint density at radius 1 is 1.38 bits per heavy atom. The predicted octanol–water partition coefficient (Wildman–Crippen LogP) is 2.88. The molecule has 0 aliphatic heterocycles. The number of allylic oxidation sites excluding steroid dienone is 2. The van der Waals surface area contributed by atoms with Crippen LogP contribution in [0.2, 0.25) is 0 Å². The molecule has 0 heterocycles. The summed E-state index contributed by atoms with van der Waals surface area (Å²) in [5, 5.41) is 0. The van der Waals surface area contributed by atoms with Gasteiger partial charge < -0.3 is 4.52 Å². The maximum Gasteiger partial charge on any atom is 0.529 e. The van der Waals surface area contributed by atoms with E-state index < -0.39 is 7.82 Å². The van der Waals surface area contributed by atoms with Gasteiger partial charge in [-0.05, 0) is 25.5 Å². The topological polar surface area (TPSA) is 44.8 Å². The SMILES string of the molecule is C=C(C)C(=CC)OP(=O)(OC)OC. The molecule has 0 unspecified atom stereocenters. The molecular weight excluding hydrogens is 191 g/mol. The van der Waals surface area contributed by atoms with Crippen molar-refractivity contribution in [2.45, 2.75) is 13.8 Å². The van der Waals surface area contributed by atoms with Gasteiger partial charge in [0.1, 0.15) is 5.76 Å². The highest BCUT2D eigenvalue weighted by Gasteiger charge is 2.25. The molecule has 4 nitrogen and oxygen atoms in total. The van der Waals surface area contributed by atoms with Crippen molar-refractivity contribution >= 4 is 7.82 Å². The summed E-state index contributed by atoms with van der Waals surface area (Å²) in [5.74, 6) is 0.409. The predicted molar refractivity (Wildman–Crippen MR) is 51.3 cm³/mol. The Balaban J connectivity index is 4.58. The Morgan fingerprint density at radius 2 is 1.85 bits per heavy atom. The summed E-state index contributed by atoms with van der Waals surface area (Å²) in [7, 11) is -0.917. The molecule has 0 amide bonds. The van der Waals surface area contributed by atoms with E-state index in [0.29, 0.717) is 11.3 Å². The van der Waals surface area contributed by atoms with Gasteiger partial charge in [-0.2, -0.15) is 0 Å². The second-order valence-electron chi connectivity index (χ2n) is 2.34. The van der Waals surface area contributed by atoms with Crippen LogP contribution in [0.15, 0.2) is 24.0 Å². The van der Waals surface area contributed by atoms with Gasteiger partial charge in [-0.15, -0.1) is 0 Å². The van der Waals surface area contributed by atoms with Crippen molar-refractivity contribution in [3.05, 3.63) is 24.0 Å². The molecule has 0 radical (unpaired) electrons. The fourth-order valence-corrected chi connectivity index (χ4v) is 1.45. The van der Waals surface area contributed by atoms with E-state index in [1.807, 2.05) is 0 Å². The second kappa shape index (κ2) is 5.22. The Bertz CT molecular complexity index is 249. The molecule has 13 heavy (non-hydrogen) atoms. The van der Waals surface area contributed by atoms with E-state index in [9.17, 15) is 4.57 Å². The van der Waals surface area contributed by atoms with E-state index in [4.69, 9.17) is 4.52 Å². The summed E-state index contributed by atoms with van der Waals surface area (Å²) in [4.78, 5) is 0. The minimum Gasteiger partial charge on any atom is -0.404 e. The molecule has 0 atom stereocenters. The monoisotopic (exact) mass is 206 g/mol. The third-order valence-corrected chi connectivity index (χ3v) is 2.65. The number of phosphoric acid groups is 1.